The SMILES string of the molecule is COCc1cc(Cl)ccc1-c1ccc(C(=O)O)cc1. The quantitative estimate of drug-likeness (QED) is 0.922. The summed E-state index contributed by atoms with van der Waals surface area (Å²) in [5, 5.41) is 9.53. The van der Waals surface area contributed by atoms with E-state index >= 15 is 0 Å². The molecule has 0 radical (unpaired) electrons. The standard InChI is InChI=1S/C15H13ClO3/c1-19-9-12-8-13(16)6-7-14(12)10-2-4-11(5-3-10)15(17)18/h2-8H,9H2,1H3,(H,17,18). The van der Waals surface area contributed by atoms with Crippen LogP contribution in [0.2, 0.25) is 5.02 Å². The Hall–Kier alpha value is -1.84. The molecular weight excluding hydrogens is 264 g/mol. The lowest BCUT2D eigenvalue weighted by Crippen LogP contribution is -1.96. The number of hydrogen-bond acceptors (Lipinski definition) is 2. The van der Waals surface area contributed by atoms with Crippen LogP contribution in [0.1, 0.15) is 15.9 Å². The van der Waals surface area contributed by atoms with Gasteiger partial charge in [-0.1, -0.05) is 29.8 Å². The summed E-state index contributed by atoms with van der Waals surface area (Å²) in [6.07, 6.45) is 0. The zero-order valence-electron chi connectivity index (χ0n) is 10.4. The molecule has 0 aliphatic carbocycles. The van der Waals surface area contributed by atoms with E-state index in [1.54, 1.807) is 37.4 Å². The molecule has 0 saturated heterocycles. The lowest BCUT2D eigenvalue weighted by atomic mass is 9.99. The molecule has 0 saturated carbocycles. The van der Waals surface area contributed by atoms with Crippen LogP contribution in [0.15, 0.2) is 42.5 Å². The first-order valence-corrected chi connectivity index (χ1v) is 6.10. The summed E-state index contributed by atoms with van der Waals surface area (Å²) in [5.74, 6) is -0.931. The van der Waals surface area contributed by atoms with Crippen LogP contribution in [0.4, 0.5) is 0 Å². The molecule has 0 unspecified atom stereocenters. The van der Waals surface area contributed by atoms with Crippen molar-refractivity contribution in [1.29, 1.82) is 0 Å². The number of rotatable bonds is 4. The average Bonchev–Trinajstić information content (AvgIpc) is 2.39. The van der Waals surface area contributed by atoms with Crippen LogP contribution in [-0.2, 0) is 11.3 Å². The van der Waals surface area contributed by atoms with Crippen molar-refractivity contribution in [3.63, 3.8) is 0 Å². The lowest BCUT2D eigenvalue weighted by Gasteiger charge is -2.10. The Morgan fingerprint density at radius 2 is 1.89 bits per heavy atom. The maximum absolute atomic E-state index is 10.8. The van der Waals surface area contributed by atoms with E-state index in [2.05, 4.69) is 0 Å². The van der Waals surface area contributed by atoms with Gasteiger partial charge in [0.15, 0.2) is 0 Å². The molecule has 2 aromatic carbocycles. The molecule has 2 aromatic rings. The number of ether oxygens (including phenoxy) is 1. The van der Waals surface area contributed by atoms with Crippen LogP contribution < -0.4 is 0 Å². The minimum atomic E-state index is -0.931. The van der Waals surface area contributed by atoms with Crippen molar-refractivity contribution in [3.8, 4) is 11.1 Å². The fourth-order valence-corrected chi connectivity index (χ4v) is 2.11. The molecule has 98 valence electrons. The topological polar surface area (TPSA) is 46.5 Å². The Kier molecular flexibility index (Phi) is 4.20. The third-order valence-electron chi connectivity index (χ3n) is 2.81. The maximum Gasteiger partial charge on any atom is 0.335 e. The summed E-state index contributed by atoms with van der Waals surface area (Å²) in [5.41, 5.74) is 3.17. The molecule has 0 aromatic heterocycles. The van der Waals surface area contributed by atoms with Crippen LogP contribution in [0.3, 0.4) is 0 Å². The van der Waals surface area contributed by atoms with Gasteiger partial charge >= 0.3 is 5.97 Å². The first-order chi connectivity index (χ1) is 9.11. The Morgan fingerprint density at radius 3 is 2.47 bits per heavy atom. The Labute approximate surface area is 116 Å². The minimum absolute atomic E-state index is 0.269. The molecule has 0 atom stereocenters. The second kappa shape index (κ2) is 5.87. The second-order valence-corrected chi connectivity index (χ2v) is 4.55. The molecule has 0 fully saturated rings. The molecule has 4 heteroatoms. The van der Waals surface area contributed by atoms with Gasteiger partial charge in [-0.05, 0) is 41.0 Å². The highest BCUT2D eigenvalue weighted by Crippen LogP contribution is 2.27. The van der Waals surface area contributed by atoms with E-state index in [9.17, 15) is 4.79 Å². The summed E-state index contributed by atoms with van der Waals surface area (Å²) >= 11 is 5.97. The van der Waals surface area contributed by atoms with Crippen LogP contribution >= 0.6 is 11.6 Å². The fourth-order valence-electron chi connectivity index (χ4n) is 1.91. The van der Waals surface area contributed by atoms with Crippen LogP contribution in [0.5, 0.6) is 0 Å². The van der Waals surface area contributed by atoms with Gasteiger partial charge in [-0.3, -0.25) is 0 Å². The second-order valence-electron chi connectivity index (χ2n) is 4.12. The smallest absolute Gasteiger partial charge is 0.335 e. The van der Waals surface area contributed by atoms with Gasteiger partial charge in [-0.25, -0.2) is 4.79 Å². The number of aromatic carboxylic acids is 1. The van der Waals surface area contributed by atoms with Crippen molar-refractivity contribution in [2.24, 2.45) is 0 Å². The number of carboxylic acids is 1. The van der Waals surface area contributed by atoms with Crippen molar-refractivity contribution >= 4 is 17.6 Å². The fraction of sp³-hybridized carbons (Fsp3) is 0.133. The van der Waals surface area contributed by atoms with E-state index in [0.717, 1.165) is 16.7 Å². The minimum Gasteiger partial charge on any atom is -0.478 e. The monoisotopic (exact) mass is 276 g/mol. The molecule has 0 amide bonds. The zero-order valence-corrected chi connectivity index (χ0v) is 11.1. The largest absolute Gasteiger partial charge is 0.478 e. The predicted octanol–water partition coefficient (Wildman–Crippen LogP) is 3.85. The van der Waals surface area contributed by atoms with E-state index in [1.807, 2.05) is 12.1 Å². The molecule has 2 rings (SSSR count). The Bertz CT molecular complexity index is 591. The molecule has 0 bridgehead atoms. The molecule has 1 N–H and O–H groups in total. The number of benzene rings is 2. The van der Waals surface area contributed by atoms with Gasteiger partial charge in [0.05, 0.1) is 12.2 Å². The van der Waals surface area contributed by atoms with Gasteiger partial charge in [0, 0.05) is 12.1 Å². The summed E-state index contributed by atoms with van der Waals surface area (Å²) < 4.78 is 5.15. The van der Waals surface area contributed by atoms with Crippen molar-refractivity contribution in [3.05, 3.63) is 58.6 Å². The summed E-state index contributed by atoms with van der Waals surface area (Å²) in [6.45, 7) is 0.455. The Morgan fingerprint density at radius 1 is 1.21 bits per heavy atom. The normalized spacial score (nSPS) is 10.4. The average molecular weight is 277 g/mol. The van der Waals surface area contributed by atoms with Gasteiger partial charge in [0.1, 0.15) is 0 Å². The van der Waals surface area contributed by atoms with Crippen molar-refractivity contribution in [2.75, 3.05) is 7.11 Å². The highest BCUT2D eigenvalue weighted by molar-refractivity contribution is 6.30. The van der Waals surface area contributed by atoms with E-state index in [1.165, 1.54) is 0 Å². The third kappa shape index (κ3) is 3.13. The van der Waals surface area contributed by atoms with Crippen LogP contribution in [0.25, 0.3) is 11.1 Å². The van der Waals surface area contributed by atoms with Crippen LogP contribution in [-0.4, -0.2) is 18.2 Å². The van der Waals surface area contributed by atoms with E-state index in [4.69, 9.17) is 21.4 Å². The third-order valence-corrected chi connectivity index (χ3v) is 3.05. The number of methoxy groups -OCH3 is 1. The highest BCUT2D eigenvalue weighted by Gasteiger charge is 2.07. The lowest BCUT2D eigenvalue weighted by molar-refractivity contribution is 0.0697. The first kappa shape index (κ1) is 13.6. The Balaban J connectivity index is 2.43. The maximum atomic E-state index is 10.8. The zero-order chi connectivity index (χ0) is 13.8. The summed E-state index contributed by atoms with van der Waals surface area (Å²) in [7, 11) is 1.62. The molecule has 0 aliphatic heterocycles. The van der Waals surface area contributed by atoms with Gasteiger partial charge in [-0.15, -0.1) is 0 Å². The van der Waals surface area contributed by atoms with Gasteiger partial charge in [0.2, 0.25) is 0 Å². The number of hydrogen-bond donors (Lipinski definition) is 1. The van der Waals surface area contributed by atoms with E-state index in [-0.39, 0.29) is 5.56 Å². The van der Waals surface area contributed by atoms with Crippen LogP contribution in [0, 0.1) is 0 Å². The summed E-state index contributed by atoms with van der Waals surface area (Å²) in [6, 6.07) is 12.3. The molecule has 3 nitrogen and oxygen atoms in total. The molecule has 0 aliphatic rings. The van der Waals surface area contributed by atoms with E-state index in [0.29, 0.717) is 11.6 Å². The van der Waals surface area contributed by atoms with Crippen molar-refractivity contribution < 1.29 is 14.6 Å². The molecule has 19 heavy (non-hydrogen) atoms. The molecule has 0 heterocycles. The predicted molar refractivity (Wildman–Crippen MR) is 74.6 cm³/mol. The molecule has 0 spiro atoms. The van der Waals surface area contributed by atoms with Crippen molar-refractivity contribution in [2.45, 2.75) is 6.61 Å². The van der Waals surface area contributed by atoms with E-state index < -0.39 is 5.97 Å². The number of halogens is 1. The van der Waals surface area contributed by atoms with Crippen molar-refractivity contribution in [1.82, 2.24) is 0 Å². The molecular formula is C15H13ClO3. The highest BCUT2D eigenvalue weighted by atomic mass is 35.5. The van der Waals surface area contributed by atoms with Gasteiger partial charge in [-0.2, -0.15) is 0 Å². The summed E-state index contributed by atoms with van der Waals surface area (Å²) in [4.78, 5) is 10.8. The number of carboxylic acid groups (broad SMARTS) is 1. The van der Waals surface area contributed by atoms with Gasteiger partial charge < -0.3 is 9.84 Å². The van der Waals surface area contributed by atoms with Gasteiger partial charge in [0.25, 0.3) is 0 Å². The number of carbonyl (C=O) groups is 1. The first-order valence-electron chi connectivity index (χ1n) is 5.73.